The van der Waals surface area contributed by atoms with E-state index in [-0.39, 0.29) is 18.9 Å². The van der Waals surface area contributed by atoms with Gasteiger partial charge in [0.05, 0.1) is 6.61 Å². The quantitative estimate of drug-likeness (QED) is 0.688. The first-order valence-corrected chi connectivity index (χ1v) is 5.21. The van der Waals surface area contributed by atoms with E-state index in [1.807, 2.05) is 0 Å². The smallest absolute Gasteiger partial charge is 0.326 e. The van der Waals surface area contributed by atoms with Gasteiger partial charge in [-0.1, -0.05) is 24.3 Å². The Bertz CT molecular complexity index is 399. The molecule has 0 radical (unpaired) electrons. The summed E-state index contributed by atoms with van der Waals surface area (Å²) in [6.07, 6.45) is 0.223. The second-order valence-electron chi connectivity index (χ2n) is 3.77. The van der Waals surface area contributed by atoms with Crippen LogP contribution < -0.4 is 5.32 Å². The maximum Gasteiger partial charge on any atom is 0.326 e. The topological polar surface area (TPSA) is 86.6 Å². The van der Waals surface area contributed by atoms with Crippen LogP contribution in [-0.4, -0.2) is 28.1 Å². The maximum absolute atomic E-state index is 10.9. The second-order valence-corrected chi connectivity index (χ2v) is 3.77. The SMILES string of the molecule is CC(=O)N[C@@H](Cc1ccc(CO)cc1)C(=O)O. The molecule has 0 aliphatic rings. The van der Waals surface area contributed by atoms with E-state index in [4.69, 9.17) is 10.2 Å². The van der Waals surface area contributed by atoms with E-state index >= 15 is 0 Å². The van der Waals surface area contributed by atoms with Gasteiger partial charge in [-0.2, -0.15) is 0 Å². The Labute approximate surface area is 99.1 Å². The predicted molar refractivity (Wildman–Crippen MR) is 61.3 cm³/mol. The number of rotatable bonds is 5. The summed E-state index contributed by atoms with van der Waals surface area (Å²) in [5.41, 5.74) is 1.56. The van der Waals surface area contributed by atoms with Gasteiger partial charge in [-0.05, 0) is 11.1 Å². The number of aliphatic hydroxyl groups is 1. The van der Waals surface area contributed by atoms with Crippen LogP contribution in [0.3, 0.4) is 0 Å². The fourth-order valence-corrected chi connectivity index (χ4v) is 1.46. The largest absolute Gasteiger partial charge is 0.480 e. The lowest BCUT2D eigenvalue weighted by Crippen LogP contribution is -2.41. The molecule has 0 bridgehead atoms. The Balaban J connectivity index is 2.71. The zero-order chi connectivity index (χ0) is 12.8. The Kier molecular flexibility index (Phi) is 4.66. The molecule has 0 spiro atoms. The summed E-state index contributed by atoms with van der Waals surface area (Å²) in [6.45, 7) is 1.24. The highest BCUT2D eigenvalue weighted by atomic mass is 16.4. The van der Waals surface area contributed by atoms with Crippen molar-refractivity contribution in [3.05, 3.63) is 35.4 Å². The summed E-state index contributed by atoms with van der Waals surface area (Å²) in [5, 5.41) is 20.2. The molecule has 5 heteroatoms. The van der Waals surface area contributed by atoms with Crippen molar-refractivity contribution in [2.45, 2.75) is 26.0 Å². The summed E-state index contributed by atoms with van der Waals surface area (Å²) >= 11 is 0. The molecule has 0 aliphatic heterocycles. The van der Waals surface area contributed by atoms with E-state index in [1.54, 1.807) is 24.3 Å². The number of hydrogen-bond donors (Lipinski definition) is 3. The van der Waals surface area contributed by atoms with Crippen molar-refractivity contribution in [3.63, 3.8) is 0 Å². The molecule has 0 aromatic heterocycles. The minimum Gasteiger partial charge on any atom is -0.480 e. The van der Waals surface area contributed by atoms with Gasteiger partial charge in [-0.15, -0.1) is 0 Å². The van der Waals surface area contributed by atoms with E-state index in [0.29, 0.717) is 0 Å². The monoisotopic (exact) mass is 237 g/mol. The number of carboxylic acids is 1. The van der Waals surface area contributed by atoms with Crippen LogP contribution in [0.2, 0.25) is 0 Å². The molecule has 0 heterocycles. The van der Waals surface area contributed by atoms with Crippen molar-refractivity contribution in [2.75, 3.05) is 0 Å². The van der Waals surface area contributed by atoms with Crippen molar-refractivity contribution in [1.29, 1.82) is 0 Å². The lowest BCUT2D eigenvalue weighted by Gasteiger charge is -2.13. The number of amides is 1. The highest BCUT2D eigenvalue weighted by Crippen LogP contribution is 2.07. The van der Waals surface area contributed by atoms with Gasteiger partial charge in [-0.25, -0.2) is 4.79 Å². The number of nitrogens with one attached hydrogen (secondary N) is 1. The Hall–Kier alpha value is -1.88. The molecule has 5 nitrogen and oxygen atoms in total. The molecule has 0 unspecified atom stereocenters. The van der Waals surface area contributed by atoms with Gasteiger partial charge in [-0.3, -0.25) is 4.79 Å². The van der Waals surface area contributed by atoms with Gasteiger partial charge >= 0.3 is 5.97 Å². The normalized spacial score (nSPS) is 11.9. The van der Waals surface area contributed by atoms with Crippen LogP contribution in [0.25, 0.3) is 0 Å². The van der Waals surface area contributed by atoms with Crippen LogP contribution in [0, 0.1) is 0 Å². The number of aliphatic carboxylic acids is 1. The number of carboxylic acid groups (broad SMARTS) is 1. The first-order chi connectivity index (χ1) is 8.02. The van der Waals surface area contributed by atoms with Crippen LogP contribution in [0.15, 0.2) is 24.3 Å². The molecule has 1 aromatic rings. The first-order valence-electron chi connectivity index (χ1n) is 5.21. The molecule has 0 fully saturated rings. The third-order valence-corrected chi connectivity index (χ3v) is 2.32. The predicted octanol–water partition coefficient (Wildman–Crippen LogP) is 0.311. The Morgan fingerprint density at radius 2 is 1.76 bits per heavy atom. The summed E-state index contributed by atoms with van der Waals surface area (Å²) in [7, 11) is 0. The van der Waals surface area contributed by atoms with Crippen molar-refractivity contribution >= 4 is 11.9 Å². The zero-order valence-electron chi connectivity index (χ0n) is 9.51. The number of hydrogen-bond acceptors (Lipinski definition) is 3. The molecular formula is C12H15NO4. The van der Waals surface area contributed by atoms with Gasteiger partial charge < -0.3 is 15.5 Å². The molecular weight excluding hydrogens is 222 g/mol. The highest BCUT2D eigenvalue weighted by Gasteiger charge is 2.18. The summed E-state index contributed by atoms with van der Waals surface area (Å²) in [6, 6.07) is 6.00. The average Bonchev–Trinajstić information content (AvgIpc) is 2.28. The first kappa shape index (κ1) is 13.2. The number of carbonyl (C=O) groups is 2. The minimum absolute atomic E-state index is 0.0473. The van der Waals surface area contributed by atoms with Gasteiger partial charge in [0.1, 0.15) is 6.04 Å². The molecule has 0 aliphatic carbocycles. The van der Waals surface area contributed by atoms with Crippen molar-refractivity contribution in [3.8, 4) is 0 Å². The molecule has 92 valence electrons. The number of aliphatic hydroxyl groups excluding tert-OH is 1. The van der Waals surface area contributed by atoms with E-state index in [2.05, 4.69) is 5.32 Å². The molecule has 17 heavy (non-hydrogen) atoms. The summed E-state index contributed by atoms with van der Waals surface area (Å²) < 4.78 is 0. The van der Waals surface area contributed by atoms with Gasteiger partial charge in [0, 0.05) is 13.3 Å². The standard InChI is InChI=1S/C12H15NO4/c1-8(15)13-11(12(16)17)6-9-2-4-10(7-14)5-3-9/h2-5,11,14H,6-7H2,1H3,(H,13,15)(H,16,17)/t11-/m0/s1. The molecule has 1 atom stereocenters. The Morgan fingerprint density at radius 1 is 1.24 bits per heavy atom. The van der Waals surface area contributed by atoms with Crippen LogP contribution in [0.4, 0.5) is 0 Å². The zero-order valence-corrected chi connectivity index (χ0v) is 9.51. The van der Waals surface area contributed by atoms with Crippen LogP contribution in [-0.2, 0) is 22.6 Å². The molecule has 3 N–H and O–H groups in total. The third kappa shape index (κ3) is 4.24. The van der Waals surface area contributed by atoms with Crippen LogP contribution in [0.5, 0.6) is 0 Å². The average molecular weight is 237 g/mol. The second kappa shape index (κ2) is 6.00. The lowest BCUT2D eigenvalue weighted by atomic mass is 10.0. The molecule has 1 amide bonds. The van der Waals surface area contributed by atoms with E-state index < -0.39 is 12.0 Å². The summed E-state index contributed by atoms with van der Waals surface area (Å²) in [5.74, 6) is -1.43. The maximum atomic E-state index is 10.9. The van der Waals surface area contributed by atoms with Gasteiger partial charge in [0.15, 0.2) is 0 Å². The minimum atomic E-state index is -1.06. The van der Waals surface area contributed by atoms with E-state index in [0.717, 1.165) is 11.1 Å². The third-order valence-electron chi connectivity index (χ3n) is 2.32. The van der Waals surface area contributed by atoms with E-state index in [1.165, 1.54) is 6.92 Å². The summed E-state index contributed by atoms with van der Waals surface area (Å²) in [4.78, 5) is 21.7. The fraction of sp³-hybridized carbons (Fsp3) is 0.333. The van der Waals surface area contributed by atoms with E-state index in [9.17, 15) is 9.59 Å². The Morgan fingerprint density at radius 3 is 2.18 bits per heavy atom. The fourth-order valence-electron chi connectivity index (χ4n) is 1.46. The molecule has 0 saturated carbocycles. The van der Waals surface area contributed by atoms with Crippen molar-refractivity contribution < 1.29 is 19.8 Å². The number of carbonyl (C=O) groups excluding carboxylic acids is 1. The molecule has 1 aromatic carbocycles. The van der Waals surface area contributed by atoms with Gasteiger partial charge in [0.25, 0.3) is 0 Å². The highest BCUT2D eigenvalue weighted by molar-refractivity contribution is 5.82. The lowest BCUT2D eigenvalue weighted by molar-refractivity contribution is -0.141. The van der Waals surface area contributed by atoms with Crippen molar-refractivity contribution in [1.82, 2.24) is 5.32 Å². The van der Waals surface area contributed by atoms with Gasteiger partial charge in [0.2, 0.25) is 5.91 Å². The van der Waals surface area contributed by atoms with Crippen LogP contribution >= 0.6 is 0 Å². The molecule has 1 rings (SSSR count). The number of benzene rings is 1. The molecule has 0 saturated heterocycles. The van der Waals surface area contributed by atoms with Crippen molar-refractivity contribution in [2.24, 2.45) is 0 Å². The van der Waals surface area contributed by atoms with Crippen LogP contribution in [0.1, 0.15) is 18.1 Å².